The minimum Gasteiger partial charge on any atom is -0.481 e. The number of carbonyl (C=O) groups excluding carboxylic acids is 1. The molecule has 1 saturated heterocycles. The molecule has 0 saturated carbocycles. The number of piperazine rings is 1. The van der Waals surface area contributed by atoms with Gasteiger partial charge in [-0.2, -0.15) is 13.2 Å². The van der Waals surface area contributed by atoms with E-state index in [1.807, 2.05) is 0 Å². The summed E-state index contributed by atoms with van der Waals surface area (Å²) in [5.74, 6) is -0.760. The van der Waals surface area contributed by atoms with Crippen molar-refractivity contribution >= 4 is 21.8 Å². The van der Waals surface area contributed by atoms with Crippen molar-refractivity contribution in [3.63, 3.8) is 0 Å². The first-order chi connectivity index (χ1) is 12.7. The second-order valence-corrected chi connectivity index (χ2v) is 7.02. The van der Waals surface area contributed by atoms with Crippen LogP contribution in [-0.4, -0.2) is 74.4 Å². The van der Waals surface area contributed by atoms with E-state index in [9.17, 15) is 22.4 Å². The minimum atomic E-state index is -4.30. The summed E-state index contributed by atoms with van der Waals surface area (Å²) in [6, 6.07) is 4.34. The van der Waals surface area contributed by atoms with E-state index in [2.05, 4.69) is 25.6 Å². The number of carbonyl (C=O) groups is 1. The Morgan fingerprint density at radius 1 is 1.19 bits per heavy atom. The number of amides is 1. The third kappa shape index (κ3) is 8.02. The molecule has 1 aromatic carbocycles. The number of ether oxygens (including phenoxy) is 2. The van der Waals surface area contributed by atoms with E-state index in [-0.39, 0.29) is 24.9 Å². The highest BCUT2D eigenvalue weighted by molar-refractivity contribution is 9.10. The summed E-state index contributed by atoms with van der Waals surface area (Å²) in [7, 11) is 0. The van der Waals surface area contributed by atoms with Crippen LogP contribution in [0.15, 0.2) is 22.7 Å². The molecule has 0 radical (unpaired) electrons. The number of halogens is 5. The fourth-order valence-corrected chi connectivity index (χ4v) is 2.96. The van der Waals surface area contributed by atoms with Crippen molar-refractivity contribution < 1.29 is 31.8 Å². The summed E-state index contributed by atoms with van der Waals surface area (Å²) in [5.41, 5.74) is 0. The van der Waals surface area contributed by atoms with Gasteiger partial charge in [-0.05, 0) is 24.6 Å². The van der Waals surface area contributed by atoms with Gasteiger partial charge in [0.15, 0.2) is 18.2 Å². The molecular formula is C17H21BrF4N2O3. The maximum absolute atomic E-state index is 13.7. The first-order valence-corrected chi connectivity index (χ1v) is 9.26. The fourth-order valence-electron chi connectivity index (χ4n) is 2.62. The van der Waals surface area contributed by atoms with E-state index in [1.54, 1.807) is 11.0 Å². The van der Waals surface area contributed by atoms with Crippen molar-refractivity contribution in [1.29, 1.82) is 0 Å². The zero-order chi connectivity index (χ0) is 19.9. The minimum absolute atomic E-state index is 0.0176. The largest absolute Gasteiger partial charge is 0.481 e. The van der Waals surface area contributed by atoms with Crippen molar-refractivity contribution in [2.75, 3.05) is 52.5 Å². The van der Waals surface area contributed by atoms with Gasteiger partial charge in [-0.1, -0.05) is 15.9 Å². The number of hydrogen-bond acceptors (Lipinski definition) is 4. The average molecular weight is 457 g/mol. The first-order valence-electron chi connectivity index (χ1n) is 8.47. The Morgan fingerprint density at radius 3 is 2.52 bits per heavy atom. The Bertz CT molecular complexity index is 623. The fraction of sp³-hybridized carbons (Fsp3) is 0.588. The summed E-state index contributed by atoms with van der Waals surface area (Å²) in [6.45, 7) is 1.42. The Hall–Kier alpha value is -1.39. The Morgan fingerprint density at radius 2 is 1.89 bits per heavy atom. The predicted octanol–water partition coefficient (Wildman–Crippen LogP) is 3.08. The molecule has 152 valence electrons. The van der Waals surface area contributed by atoms with Gasteiger partial charge in [0.2, 0.25) is 0 Å². The molecule has 0 N–H and O–H groups in total. The zero-order valence-electron chi connectivity index (χ0n) is 14.6. The highest BCUT2D eigenvalue weighted by atomic mass is 79.9. The molecule has 0 atom stereocenters. The summed E-state index contributed by atoms with van der Waals surface area (Å²) in [4.78, 5) is 15.9. The van der Waals surface area contributed by atoms with E-state index in [0.717, 1.165) is 0 Å². The summed E-state index contributed by atoms with van der Waals surface area (Å²) < 4.78 is 60.0. The quantitative estimate of drug-likeness (QED) is 0.445. The van der Waals surface area contributed by atoms with Crippen LogP contribution in [0.3, 0.4) is 0 Å². The molecule has 27 heavy (non-hydrogen) atoms. The van der Waals surface area contributed by atoms with Crippen LogP contribution in [0.25, 0.3) is 0 Å². The molecule has 5 nitrogen and oxygen atoms in total. The molecule has 1 aromatic rings. The lowest BCUT2D eigenvalue weighted by Crippen LogP contribution is -2.50. The first kappa shape index (κ1) is 21.9. The molecule has 1 fully saturated rings. The van der Waals surface area contributed by atoms with Gasteiger partial charge in [0.05, 0.1) is 0 Å². The molecule has 0 unspecified atom stereocenters. The van der Waals surface area contributed by atoms with Crippen LogP contribution in [0.5, 0.6) is 5.75 Å². The Labute approximate surface area is 163 Å². The molecule has 1 heterocycles. The zero-order valence-corrected chi connectivity index (χ0v) is 16.2. The van der Waals surface area contributed by atoms with Gasteiger partial charge in [0, 0.05) is 43.8 Å². The maximum atomic E-state index is 13.7. The van der Waals surface area contributed by atoms with Gasteiger partial charge in [-0.3, -0.25) is 9.69 Å². The van der Waals surface area contributed by atoms with Crippen LogP contribution in [0, 0.1) is 5.82 Å². The van der Waals surface area contributed by atoms with Gasteiger partial charge in [-0.15, -0.1) is 0 Å². The Kier molecular flexibility index (Phi) is 8.30. The van der Waals surface area contributed by atoms with E-state index in [0.29, 0.717) is 43.6 Å². The average Bonchev–Trinajstić information content (AvgIpc) is 2.60. The molecule has 1 aliphatic heterocycles. The molecule has 0 spiro atoms. The van der Waals surface area contributed by atoms with Crippen molar-refractivity contribution in [2.24, 2.45) is 0 Å². The monoisotopic (exact) mass is 456 g/mol. The topological polar surface area (TPSA) is 42.0 Å². The van der Waals surface area contributed by atoms with E-state index < -0.39 is 18.6 Å². The Balaban J connectivity index is 1.62. The van der Waals surface area contributed by atoms with Crippen LogP contribution in [-0.2, 0) is 9.53 Å². The molecule has 10 heteroatoms. The van der Waals surface area contributed by atoms with Crippen molar-refractivity contribution in [1.82, 2.24) is 9.80 Å². The predicted molar refractivity (Wildman–Crippen MR) is 94.1 cm³/mol. The molecule has 1 aliphatic rings. The second-order valence-electron chi connectivity index (χ2n) is 6.11. The van der Waals surface area contributed by atoms with Gasteiger partial charge < -0.3 is 14.4 Å². The van der Waals surface area contributed by atoms with Crippen molar-refractivity contribution in [3.8, 4) is 5.75 Å². The third-order valence-corrected chi connectivity index (χ3v) is 4.49. The lowest BCUT2D eigenvalue weighted by Gasteiger charge is -2.34. The number of nitrogens with zero attached hydrogens (tertiary/aromatic N) is 2. The molecule has 1 amide bonds. The van der Waals surface area contributed by atoms with E-state index in [1.165, 1.54) is 12.1 Å². The highest BCUT2D eigenvalue weighted by Gasteiger charge is 2.27. The normalized spacial score (nSPS) is 15.8. The molecular weight excluding hydrogens is 436 g/mol. The summed E-state index contributed by atoms with van der Waals surface area (Å²) >= 11 is 3.15. The van der Waals surface area contributed by atoms with Gasteiger partial charge in [0.1, 0.15) is 6.61 Å². The van der Waals surface area contributed by atoms with Crippen molar-refractivity contribution in [3.05, 3.63) is 28.5 Å². The lowest BCUT2D eigenvalue weighted by molar-refractivity contribution is -0.174. The van der Waals surface area contributed by atoms with Crippen LogP contribution in [0.4, 0.5) is 17.6 Å². The standard InChI is InChI=1S/C17H21BrF4N2O3/c18-13-2-3-15(14(19)10-13)27-11-16(25)24-7-5-23(6-8-24)4-1-9-26-12-17(20,21)22/h2-3,10H,1,4-9,11-12H2. The number of rotatable bonds is 8. The maximum Gasteiger partial charge on any atom is 0.411 e. The SMILES string of the molecule is O=C(COc1ccc(Br)cc1F)N1CCN(CCCOCC(F)(F)F)CC1. The summed E-state index contributed by atoms with van der Waals surface area (Å²) in [5, 5.41) is 0. The molecule has 0 aromatic heterocycles. The van der Waals surface area contributed by atoms with Crippen LogP contribution >= 0.6 is 15.9 Å². The number of benzene rings is 1. The lowest BCUT2D eigenvalue weighted by atomic mass is 10.3. The third-order valence-electron chi connectivity index (χ3n) is 4.00. The van der Waals surface area contributed by atoms with Crippen LogP contribution in [0.2, 0.25) is 0 Å². The van der Waals surface area contributed by atoms with Gasteiger partial charge in [0.25, 0.3) is 5.91 Å². The van der Waals surface area contributed by atoms with Crippen LogP contribution in [0.1, 0.15) is 6.42 Å². The van der Waals surface area contributed by atoms with Crippen molar-refractivity contribution in [2.45, 2.75) is 12.6 Å². The second kappa shape index (κ2) is 10.2. The van der Waals surface area contributed by atoms with Crippen LogP contribution < -0.4 is 4.74 Å². The summed E-state index contributed by atoms with van der Waals surface area (Å²) in [6.07, 6.45) is -3.80. The van der Waals surface area contributed by atoms with E-state index >= 15 is 0 Å². The van der Waals surface area contributed by atoms with E-state index in [4.69, 9.17) is 4.74 Å². The molecule has 0 bridgehead atoms. The molecule has 0 aliphatic carbocycles. The van der Waals surface area contributed by atoms with Gasteiger partial charge >= 0.3 is 6.18 Å². The smallest absolute Gasteiger partial charge is 0.411 e. The number of hydrogen-bond donors (Lipinski definition) is 0. The van der Waals surface area contributed by atoms with Gasteiger partial charge in [-0.25, -0.2) is 4.39 Å². The molecule has 2 rings (SSSR count). The highest BCUT2D eigenvalue weighted by Crippen LogP contribution is 2.21. The number of alkyl halides is 3.